The summed E-state index contributed by atoms with van der Waals surface area (Å²) in [5, 5.41) is 14.6. The summed E-state index contributed by atoms with van der Waals surface area (Å²) < 4.78 is 5.05. The third kappa shape index (κ3) is 6.05. The van der Waals surface area contributed by atoms with E-state index in [1.807, 2.05) is 0 Å². The van der Waals surface area contributed by atoms with E-state index >= 15 is 0 Å². The van der Waals surface area contributed by atoms with Gasteiger partial charge in [0.2, 0.25) is 5.91 Å². The number of amides is 1. The van der Waals surface area contributed by atoms with Crippen LogP contribution in [0.3, 0.4) is 0 Å². The summed E-state index contributed by atoms with van der Waals surface area (Å²) in [4.78, 5) is 11.5. The topological polar surface area (TPSA) is 70.6 Å². The van der Waals surface area contributed by atoms with Crippen LogP contribution in [-0.2, 0) is 9.53 Å². The van der Waals surface area contributed by atoms with Crippen molar-refractivity contribution < 1.29 is 14.6 Å². The van der Waals surface area contributed by atoms with Crippen molar-refractivity contribution in [1.29, 1.82) is 0 Å². The molecule has 0 aromatic heterocycles. The van der Waals surface area contributed by atoms with Gasteiger partial charge < -0.3 is 20.5 Å². The Morgan fingerprint density at radius 2 is 2.12 bits per heavy atom. The van der Waals surface area contributed by atoms with Crippen LogP contribution in [0.2, 0.25) is 0 Å². The van der Waals surface area contributed by atoms with Gasteiger partial charge in [-0.2, -0.15) is 0 Å². The zero-order chi connectivity index (χ0) is 11.6. The van der Waals surface area contributed by atoms with Crippen molar-refractivity contribution in [1.82, 2.24) is 10.6 Å². The van der Waals surface area contributed by atoms with Gasteiger partial charge in [0.15, 0.2) is 0 Å². The van der Waals surface area contributed by atoms with E-state index in [1.54, 1.807) is 0 Å². The molecular weight excluding hydrogens is 208 g/mol. The second-order valence-electron chi connectivity index (χ2n) is 4.08. The van der Waals surface area contributed by atoms with Crippen LogP contribution in [0.4, 0.5) is 0 Å². The van der Waals surface area contributed by atoms with Gasteiger partial charge in [0.1, 0.15) is 0 Å². The maximum Gasteiger partial charge on any atom is 0.220 e. The first-order valence-electron chi connectivity index (χ1n) is 5.99. The smallest absolute Gasteiger partial charge is 0.220 e. The third-order valence-electron chi connectivity index (χ3n) is 2.74. The number of carbonyl (C=O) groups is 1. The Morgan fingerprint density at radius 3 is 2.81 bits per heavy atom. The van der Waals surface area contributed by atoms with Crippen LogP contribution in [-0.4, -0.2) is 50.5 Å². The van der Waals surface area contributed by atoms with Gasteiger partial charge in [0.25, 0.3) is 0 Å². The fourth-order valence-electron chi connectivity index (χ4n) is 1.85. The van der Waals surface area contributed by atoms with E-state index < -0.39 is 0 Å². The van der Waals surface area contributed by atoms with Crippen molar-refractivity contribution in [3.8, 4) is 0 Å². The highest BCUT2D eigenvalue weighted by molar-refractivity contribution is 5.76. The molecule has 1 rings (SSSR count). The Labute approximate surface area is 96.6 Å². The van der Waals surface area contributed by atoms with E-state index in [0.717, 1.165) is 25.9 Å². The van der Waals surface area contributed by atoms with Crippen molar-refractivity contribution in [2.45, 2.75) is 19.3 Å². The number of ether oxygens (including phenoxy) is 1. The minimum absolute atomic E-state index is 0.0308. The molecular formula is C11H22N2O3. The van der Waals surface area contributed by atoms with Crippen molar-refractivity contribution in [2.75, 3.05) is 39.5 Å². The summed E-state index contributed by atoms with van der Waals surface area (Å²) >= 11 is 0. The molecule has 5 heteroatoms. The molecule has 1 aliphatic heterocycles. The summed E-state index contributed by atoms with van der Waals surface area (Å²) in [5.41, 5.74) is 0. The number of aliphatic hydroxyl groups excluding tert-OH is 1. The summed E-state index contributed by atoms with van der Waals surface area (Å²) in [6.07, 6.45) is 2.81. The molecule has 0 aromatic carbocycles. The van der Waals surface area contributed by atoms with E-state index in [0.29, 0.717) is 32.1 Å². The maximum absolute atomic E-state index is 11.5. The molecule has 0 bridgehead atoms. The van der Waals surface area contributed by atoms with Gasteiger partial charge in [-0.15, -0.1) is 0 Å². The number of rotatable bonds is 7. The second kappa shape index (κ2) is 8.50. The molecule has 0 spiro atoms. The lowest BCUT2D eigenvalue weighted by Gasteiger charge is -2.21. The van der Waals surface area contributed by atoms with Crippen LogP contribution in [0, 0.1) is 5.92 Å². The Morgan fingerprint density at radius 1 is 1.38 bits per heavy atom. The van der Waals surface area contributed by atoms with E-state index in [9.17, 15) is 4.79 Å². The molecule has 0 unspecified atom stereocenters. The molecule has 1 aliphatic rings. The molecule has 0 radical (unpaired) electrons. The first kappa shape index (κ1) is 13.4. The summed E-state index contributed by atoms with van der Waals surface area (Å²) in [6.45, 7) is 3.42. The lowest BCUT2D eigenvalue weighted by molar-refractivity contribution is -0.122. The molecule has 3 N–H and O–H groups in total. The normalized spacial score (nSPS) is 17.3. The Balaban J connectivity index is 1.97. The fraction of sp³-hybridized carbons (Fsp3) is 0.909. The van der Waals surface area contributed by atoms with Crippen molar-refractivity contribution in [2.24, 2.45) is 5.92 Å². The zero-order valence-corrected chi connectivity index (χ0v) is 9.71. The van der Waals surface area contributed by atoms with Crippen LogP contribution >= 0.6 is 0 Å². The predicted octanol–water partition coefficient (Wildman–Crippen LogP) is -0.499. The van der Waals surface area contributed by atoms with Gasteiger partial charge in [-0.3, -0.25) is 4.79 Å². The molecule has 5 nitrogen and oxygen atoms in total. The lowest BCUT2D eigenvalue weighted by atomic mass is 9.94. The minimum atomic E-state index is 0.0308. The summed E-state index contributed by atoms with van der Waals surface area (Å²) in [7, 11) is 0. The number of hydrogen-bond donors (Lipinski definition) is 3. The van der Waals surface area contributed by atoms with Gasteiger partial charge in [-0.25, -0.2) is 0 Å². The molecule has 1 fully saturated rings. The Hall–Kier alpha value is -0.650. The quantitative estimate of drug-likeness (QED) is 0.516. The van der Waals surface area contributed by atoms with Gasteiger partial charge in [0, 0.05) is 13.0 Å². The van der Waals surface area contributed by atoms with Crippen LogP contribution in [0.25, 0.3) is 0 Å². The zero-order valence-electron chi connectivity index (χ0n) is 9.71. The third-order valence-corrected chi connectivity index (χ3v) is 2.74. The molecule has 0 saturated carbocycles. The standard InChI is InChI=1S/C11H22N2O3/c14-6-8-16-7-5-13-11(15)9-10-1-3-12-4-2-10/h10,12,14H,1-9H2,(H,13,15). The van der Waals surface area contributed by atoms with Crippen LogP contribution in [0.5, 0.6) is 0 Å². The molecule has 16 heavy (non-hydrogen) atoms. The Kier molecular flexibility index (Phi) is 7.12. The average molecular weight is 230 g/mol. The number of nitrogens with one attached hydrogen (secondary N) is 2. The second-order valence-corrected chi connectivity index (χ2v) is 4.08. The molecule has 0 aromatic rings. The molecule has 94 valence electrons. The monoisotopic (exact) mass is 230 g/mol. The van der Waals surface area contributed by atoms with E-state index in [2.05, 4.69) is 10.6 Å². The first-order valence-corrected chi connectivity index (χ1v) is 5.99. The molecule has 0 aliphatic carbocycles. The fourth-order valence-corrected chi connectivity index (χ4v) is 1.85. The molecule has 1 saturated heterocycles. The van der Waals surface area contributed by atoms with Gasteiger partial charge in [-0.05, 0) is 31.8 Å². The molecule has 1 heterocycles. The number of aliphatic hydroxyl groups is 1. The predicted molar refractivity (Wildman–Crippen MR) is 61.1 cm³/mol. The van der Waals surface area contributed by atoms with Gasteiger partial charge in [0.05, 0.1) is 19.8 Å². The van der Waals surface area contributed by atoms with Crippen molar-refractivity contribution in [3.63, 3.8) is 0 Å². The lowest BCUT2D eigenvalue weighted by Crippen LogP contribution is -2.33. The summed E-state index contributed by atoms with van der Waals surface area (Å²) in [5.74, 6) is 0.638. The minimum Gasteiger partial charge on any atom is -0.394 e. The largest absolute Gasteiger partial charge is 0.394 e. The van der Waals surface area contributed by atoms with E-state index in [1.165, 1.54) is 0 Å². The highest BCUT2D eigenvalue weighted by Gasteiger charge is 2.16. The van der Waals surface area contributed by atoms with Crippen LogP contribution in [0.1, 0.15) is 19.3 Å². The highest BCUT2D eigenvalue weighted by atomic mass is 16.5. The first-order chi connectivity index (χ1) is 7.83. The van der Waals surface area contributed by atoms with Gasteiger partial charge >= 0.3 is 0 Å². The van der Waals surface area contributed by atoms with Gasteiger partial charge in [-0.1, -0.05) is 0 Å². The van der Waals surface area contributed by atoms with E-state index in [-0.39, 0.29) is 12.5 Å². The SMILES string of the molecule is O=C(CC1CCNCC1)NCCOCCO. The number of carbonyl (C=O) groups excluding carboxylic acids is 1. The van der Waals surface area contributed by atoms with Crippen molar-refractivity contribution in [3.05, 3.63) is 0 Å². The maximum atomic E-state index is 11.5. The summed E-state index contributed by atoms with van der Waals surface area (Å²) in [6, 6.07) is 0. The molecule has 1 amide bonds. The number of piperidine rings is 1. The van der Waals surface area contributed by atoms with Crippen LogP contribution in [0.15, 0.2) is 0 Å². The van der Waals surface area contributed by atoms with Crippen LogP contribution < -0.4 is 10.6 Å². The average Bonchev–Trinajstić information content (AvgIpc) is 2.30. The Bertz CT molecular complexity index is 194. The molecule has 0 atom stereocenters. The van der Waals surface area contributed by atoms with E-state index in [4.69, 9.17) is 9.84 Å². The highest BCUT2D eigenvalue weighted by Crippen LogP contribution is 2.15. The van der Waals surface area contributed by atoms with Crippen molar-refractivity contribution >= 4 is 5.91 Å². The number of hydrogen-bond acceptors (Lipinski definition) is 4.